The second-order valence-electron chi connectivity index (χ2n) is 2.23. The number of benzene rings is 1. The van der Waals surface area contributed by atoms with Gasteiger partial charge in [0, 0.05) is 8.04 Å². The molecule has 1 aromatic rings. The zero-order valence-corrected chi connectivity index (χ0v) is 10.5. The maximum Gasteiger partial charge on any atom is 0.0681 e. The molecule has 0 aliphatic carbocycles. The maximum absolute atomic E-state index is 5.95. The first-order valence-corrected chi connectivity index (χ1v) is 5.53. The molecule has 0 fully saturated rings. The molecule has 0 aromatic heterocycles. The minimum absolute atomic E-state index is 0.808. The van der Waals surface area contributed by atoms with Gasteiger partial charge < -0.3 is 0 Å². The fourth-order valence-electron chi connectivity index (χ4n) is 0.812. The second kappa shape index (κ2) is 4.10. The van der Waals surface area contributed by atoms with Gasteiger partial charge in [-0.1, -0.05) is 18.5 Å². The van der Waals surface area contributed by atoms with Crippen LogP contribution in [0.25, 0.3) is 0 Å². The highest BCUT2D eigenvalue weighted by atomic mass is 127. The molecule has 11 heavy (non-hydrogen) atoms. The van der Waals surface area contributed by atoms with Gasteiger partial charge in [-0.25, -0.2) is 0 Å². The lowest BCUT2D eigenvalue weighted by Gasteiger charge is -2.02. The molecule has 3 heteroatoms. The van der Waals surface area contributed by atoms with Gasteiger partial charge in [-0.05, 0) is 62.6 Å². The van der Waals surface area contributed by atoms with E-state index in [0.717, 1.165) is 19.5 Å². The topological polar surface area (TPSA) is 0 Å². The van der Waals surface area contributed by atoms with Crippen LogP contribution in [-0.2, 0) is 6.42 Å². The summed E-state index contributed by atoms with van der Waals surface area (Å²) in [7, 11) is 0. The summed E-state index contributed by atoms with van der Waals surface area (Å²) in [4.78, 5) is 0. The molecule has 0 unspecified atom stereocenters. The quantitative estimate of drug-likeness (QED) is 0.527. The fourth-order valence-corrected chi connectivity index (χ4v) is 2.49. The zero-order chi connectivity index (χ0) is 8.43. The first kappa shape index (κ1) is 9.81. The Morgan fingerprint density at radius 1 is 1.55 bits per heavy atom. The van der Waals surface area contributed by atoms with Crippen LogP contribution in [0.4, 0.5) is 0 Å². The second-order valence-corrected chi connectivity index (χ2v) is 4.62. The Bertz CT molecular complexity index is 250. The lowest BCUT2D eigenvalue weighted by molar-refractivity contribution is 1.13. The molecular weight excluding hydrogens is 338 g/mol. The highest BCUT2D eigenvalue weighted by molar-refractivity contribution is 14.1. The van der Waals surface area contributed by atoms with Crippen molar-refractivity contribution in [3.05, 3.63) is 30.8 Å². The van der Waals surface area contributed by atoms with Gasteiger partial charge in [-0.2, -0.15) is 0 Å². The fraction of sp³-hybridized carbons (Fsp3) is 0.250. The van der Waals surface area contributed by atoms with E-state index in [1.165, 1.54) is 5.56 Å². The molecule has 0 nitrogen and oxygen atoms in total. The minimum Gasteiger partial charge on any atom is -0.0819 e. The summed E-state index contributed by atoms with van der Waals surface area (Å²) in [5.74, 6) is 0. The Balaban J connectivity index is 3.21. The summed E-state index contributed by atoms with van der Waals surface area (Å²) >= 11 is 11.6. The van der Waals surface area contributed by atoms with E-state index < -0.39 is 0 Å². The van der Waals surface area contributed by atoms with E-state index in [9.17, 15) is 0 Å². The van der Waals surface area contributed by atoms with E-state index >= 15 is 0 Å². The van der Waals surface area contributed by atoms with Crippen LogP contribution < -0.4 is 0 Å². The molecule has 60 valence electrons. The molecule has 0 aliphatic rings. The van der Waals surface area contributed by atoms with Gasteiger partial charge in [-0.15, -0.1) is 0 Å². The standard InChI is InChI=1S/C8H7BrClI/c1-2-5-3-6(9)8(10)7(11)4-5/h3-4H,2H2,1H3. The zero-order valence-electron chi connectivity index (χ0n) is 6.00. The van der Waals surface area contributed by atoms with E-state index in [-0.39, 0.29) is 0 Å². The highest BCUT2D eigenvalue weighted by Gasteiger charge is 2.02. The summed E-state index contributed by atoms with van der Waals surface area (Å²) < 4.78 is 2.10. The first-order valence-electron chi connectivity index (χ1n) is 3.28. The summed E-state index contributed by atoms with van der Waals surface area (Å²) in [5.41, 5.74) is 1.31. The van der Waals surface area contributed by atoms with Crippen LogP contribution in [0.1, 0.15) is 12.5 Å². The molecule has 0 radical (unpaired) electrons. The van der Waals surface area contributed by atoms with Gasteiger partial charge in [0.05, 0.1) is 5.02 Å². The van der Waals surface area contributed by atoms with E-state index in [2.05, 4.69) is 57.6 Å². The summed E-state index contributed by atoms with van der Waals surface area (Å²) in [6.07, 6.45) is 1.05. The third-order valence-electron chi connectivity index (χ3n) is 1.45. The van der Waals surface area contributed by atoms with Gasteiger partial charge >= 0.3 is 0 Å². The van der Waals surface area contributed by atoms with E-state index in [1.807, 2.05) is 0 Å². The summed E-state index contributed by atoms with van der Waals surface area (Å²) in [6.45, 7) is 2.13. The number of rotatable bonds is 1. The molecule has 0 atom stereocenters. The molecule has 0 saturated carbocycles. The first-order chi connectivity index (χ1) is 5.15. The molecule has 0 saturated heterocycles. The lowest BCUT2D eigenvalue weighted by atomic mass is 10.2. The number of aryl methyl sites for hydroxylation is 1. The average molecular weight is 345 g/mol. The molecular formula is C8H7BrClI. The van der Waals surface area contributed by atoms with Crippen LogP contribution in [0, 0.1) is 3.57 Å². The lowest BCUT2D eigenvalue weighted by Crippen LogP contribution is -1.83. The SMILES string of the molecule is CCc1cc(Br)c(Cl)c(I)c1. The van der Waals surface area contributed by atoms with Crippen molar-refractivity contribution >= 4 is 50.1 Å². The summed E-state index contributed by atoms with van der Waals surface area (Å²) in [5, 5.41) is 0.808. The Labute approximate surface area is 93.6 Å². The Morgan fingerprint density at radius 2 is 2.18 bits per heavy atom. The van der Waals surface area contributed by atoms with Gasteiger partial charge in [0.15, 0.2) is 0 Å². The molecule has 0 aliphatic heterocycles. The normalized spacial score (nSPS) is 10.2. The van der Waals surface area contributed by atoms with Crippen LogP contribution in [0.2, 0.25) is 5.02 Å². The van der Waals surface area contributed by atoms with Crippen molar-refractivity contribution < 1.29 is 0 Å². The van der Waals surface area contributed by atoms with Crippen molar-refractivity contribution in [2.24, 2.45) is 0 Å². The molecule has 0 N–H and O–H groups in total. The van der Waals surface area contributed by atoms with Crippen molar-refractivity contribution in [3.8, 4) is 0 Å². The van der Waals surface area contributed by atoms with E-state index in [1.54, 1.807) is 0 Å². The smallest absolute Gasteiger partial charge is 0.0681 e. The minimum atomic E-state index is 0.808. The van der Waals surface area contributed by atoms with Crippen LogP contribution in [0.5, 0.6) is 0 Å². The number of hydrogen-bond acceptors (Lipinski definition) is 0. The molecule has 0 amide bonds. The Morgan fingerprint density at radius 3 is 2.64 bits per heavy atom. The van der Waals surface area contributed by atoms with Crippen LogP contribution in [-0.4, -0.2) is 0 Å². The van der Waals surface area contributed by atoms with Crippen LogP contribution >= 0.6 is 50.1 Å². The molecule has 0 heterocycles. The van der Waals surface area contributed by atoms with Crippen molar-refractivity contribution in [2.75, 3.05) is 0 Å². The average Bonchev–Trinajstić information content (AvgIpc) is 1.99. The van der Waals surface area contributed by atoms with Crippen LogP contribution in [0.15, 0.2) is 16.6 Å². The largest absolute Gasteiger partial charge is 0.0819 e. The Kier molecular flexibility index (Phi) is 3.65. The maximum atomic E-state index is 5.95. The van der Waals surface area contributed by atoms with Gasteiger partial charge in [0.25, 0.3) is 0 Å². The van der Waals surface area contributed by atoms with E-state index in [4.69, 9.17) is 11.6 Å². The summed E-state index contributed by atoms with van der Waals surface area (Å²) in [6, 6.07) is 4.16. The number of halogens is 3. The Hall–Kier alpha value is 0.720. The van der Waals surface area contributed by atoms with Crippen molar-refractivity contribution in [2.45, 2.75) is 13.3 Å². The van der Waals surface area contributed by atoms with Gasteiger partial charge in [0.1, 0.15) is 0 Å². The van der Waals surface area contributed by atoms with Crippen molar-refractivity contribution in [1.82, 2.24) is 0 Å². The predicted octanol–water partition coefficient (Wildman–Crippen LogP) is 4.27. The van der Waals surface area contributed by atoms with Crippen molar-refractivity contribution in [3.63, 3.8) is 0 Å². The van der Waals surface area contributed by atoms with E-state index in [0.29, 0.717) is 0 Å². The van der Waals surface area contributed by atoms with Gasteiger partial charge in [-0.3, -0.25) is 0 Å². The third-order valence-corrected chi connectivity index (χ3v) is 3.88. The predicted molar refractivity (Wildman–Crippen MR) is 61.2 cm³/mol. The molecule has 0 bridgehead atoms. The molecule has 0 spiro atoms. The highest BCUT2D eigenvalue weighted by Crippen LogP contribution is 2.29. The third kappa shape index (κ3) is 2.33. The molecule has 1 rings (SSSR count). The van der Waals surface area contributed by atoms with Gasteiger partial charge in [0.2, 0.25) is 0 Å². The number of hydrogen-bond donors (Lipinski definition) is 0. The monoisotopic (exact) mass is 344 g/mol. The van der Waals surface area contributed by atoms with Crippen LogP contribution in [0.3, 0.4) is 0 Å². The van der Waals surface area contributed by atoms with Crippen molar-refractivity contribution in [1.29, 1.82) is 0 Å². The molecule has 1 aromatic carbocycles.